The number of nitrogens with one attached hydrogen (secondary N) is 1. The molecule has 0 saturated heterocycles. The third-order valence-corrected chi connectivity index (χ3v) is 4.07. The summed E-state index contributed by atoms with van der Waals surface area (Å²) in [7, 11) is -3.53. The summed E-state index contributed by atoms with van der Waals surface area (Å²) in [4.78, 5) is 0.225. The summed E-state index contributed by atoms with van der Waals surface area (Å²) in [6, 6.07) is 6.61. The van der Waals surface area contributed by atoms with Gasteiger partial charge >= 0.3 is 0 Å². The van der Waals surface area contributed by atoms with Crippen molar-refractivity contribution in [3.8, 4) is 0 Å². The van der Waals surface area contributed by atoms with Gasteiger partial charge in [-0.15, -0.1) is 0 Å². The molecule has 5 nitrogen and oxygen atoms in total. The SMILES string of the molecule is CCOC(C)(C)CNS(=O)(=O)c1cccc(CN)c1. The van der Waals surface area contributed by atoms with Gasteiger partial charge in [0.2, 0.25) is 10.0 Å². The molecule has 0 aromatic heterocycles. The Morgan fingerprint density at radius 2 is 2.05 bits per heavy atom. The Morgan fingerprint density at radius 3 is 2.63 bits per heavy atom. The fourth-order valence-electron chi connectivity index (χ4n) is 1.63. The maximum Gasteiger partial charge on any atom is 0.240 e. The van der Waals surface area contributed by atoms with Crippen LogP contribution in [-0.2, 0) is 21.3 Å². The van der Waals surface area contributed by atoms with Gasteiger partial charge in [-0.3, -0.25) is 0 Å². The summed E-state index contributed by atoms with van der Waals surface area (Å²) in [5.74, 6) is 0. The van der Waals surface area contributed by atoms with Gasteiger partial charge in [-0.1, -0.05) is 12.1 Å². The van der Waals surface area contributed by atoms with Gasteiger partial charge in [0, 0.05) is 19.7 Å². The van der Waals surface area contributed by atoms with Gasteiger partial charge in [0.05, 0.1) is 10.5 Å². The fraction of sp³-hybridized carbons (Fsp3) is 0.538. The molecule has 0 unspecified atom stereocenters. The molecule has 108 valence electrons. The Kier molecular flexibility index (Phi) is 5.49. The zero-order valence-corrected chi connectivity index (χ0v) is 12.5. The average molecular weight is 286 g/mol. The molecule has 1 rings (SSSR count). The van der Waals surface area contributed by atoms with Crippen LogP contribution in [0.5, 0.6) is 0 Å². The summed E-state index contributed by atoms with van der Waals surface area (Å²) < 4.78 is 32.3. The molecule has 0 aliphatic carbocycles. The average Bonchev–Trinajstić information content (AvgIpc) is 2.37. The van der Waals surface area contributed by atoms with Gasteiger partial charge < -0.3 is 10.5 Å². The van der Waals surface area contributed by atoms with Crippen LogP contribution in [0.1, 0.15) is 26.3 Å². The summed E-state index contributed by atoms with van der Waals surface area (Å²) >= 11 is 0. The Labute approximate surface area is 115 Å². The number of ether oxygens (including phenoxy) is 1. The van der Waals surface area contributed by atoms with Crippen LogP contribution in [0.25, 0.3) is 0 Å². The van der Waals surface area contributed by atoms with Crippen LogP contribution >= 0.6 is 0 Å². The maximum absolute atomic E-state index is 12.1. The first-order valence-corrected chi connectivity index (χ1v) is 7.71. The Bertz CT molecular complexity index is 512. The quantitative estimate of drug-likeness (QED) is 0.790. The minimum atomic E-state index is -3.53. The van der Waals surface area contributed by atoms with Crippen LogP contribution in [0.3, 0.4) is 0 Å². The van der Waals surface area contributed by atoms with Crippen LogP contribution in [0.4, 0.5) is 0 Å². The number of hydrogen-bond donors (Lipinski definition) is 2. The molecule has 0 aliphatic rings. The molecule has 0 bridgehead atoms. The van der Waals surface area contributed by atoms with Crippen molar-refractivity contribution in [3.05, 3.63) is 29.8 Å². The van der Waals surface area contributed by atoms with Crippen molar-refractivity contribution in [2.24, 2.45) is 5.73 Å². The Balaban J connectivity index is 2.81. The molecule has 0 saturated carbocycles. The zero-order valence-electron chi connectivity index (χ0n) is 11.6. The Morgan fingerprint density at radius 1 is 1.37 bits per heavy atom. The lowest BCUT2D eigenvalue weighted by molar-refractivity contribution is -0.00515. The molecule has 3 N–H and O–H groups in total. The zero-order chi connectivity index (χ0) is 14.5. The fourth-order valence-corrected chi connectivity index (χ4v) is 2.90. The van der Waals surface area contributed by atoms with Gasteiger partial charge in [0.1, 0.15) is 0 Å². The highest BCUT2D eigenvalue weighted by molar-refractivity contribution is 7.89. The molecule has 1 aromatic carbocycles. The van der Waals surface area contributed by atoms with Crippen molar-refractivity contribution < 1.29 is 13.2 Å². The molecular weight excluding hydrogens is 264 g/mol. The molecule has 1 aromatic rings. The van der Waals surface area contributed by atoms with Crippen LogP contribution in [0, 0.1) is 0 Å². The van der Waals surface area contributed by atoms with E-state index < -0.39 is 15.6 Å². The second kappa shape index (κ2) is 6.47. The van der Waals surface area contributed by atoms with Crippen molar-refractivity contribution in [2.45, 2.75) is 37.8 Å². The molecular formula is C13H22N2O3S. The van der Waals surface area contributed by atoms with Crippen LogP contribution in [-0.4, -0.2) is 27.2 Å². The molecule has 0 atom stereocenters. The highest BCUT2D eigenvalue weighted by Gasteiger charge is 2.22. The van der Waals surface area contributed by atoms with E-state index in [1.54, 1.807) is 24.3 Å². The van der Waals surface area contributed by atoms with E-state index in [1.165, 1.54) is 0 Å². The van der Waals surface area contributed by atoms with Gasteiger partial charge in [0.15, 0.2) is 0 Å². The summed E-state index contributed by atoms with van der Waals surface area (Å²) in [5, 5.41) is 0. The number of sulfonamides is 1. The molecule has 0 radical (unpaired) electrons. The van der Waals surface area contributed by atoms with Crippen LogP contribution in [0.15, 0.2) is 29.2 Å². The van der Waals surface area contributed by atoms with E-state index in [9.17, 15) is 8.42 Å². The molecule has 19 heavy (non-hydrogen) atoms. The summed E-state index contributed by atoms with van der Waals surface area (Å²) in [6.45, 7) is 6.63. The van der Waals surface area contributed by atoms with Crippen molar-refractivity contribution in [3.63, 3.8) is 0 Å². The van der Waals surface area contributed by atoms with Crippen molar-refractivity contribution in [1.29, 1.82) is 0 Å². The minimum absolute atomic E-state index is 0.218. The predicted octanol–water partition coefficient (Wildman–Crippen LogP) is 1.24. The van der Waals surface area contributed by atoms with Crippen molar-refractivity contribution in [1.82, 2.24) is 4.72 Å². The highest BCUT2D eigenvalue weighted by atomic mass is 32.2. The van der Waals surface area contributed by atoms with Gasteiger partial charge in [-0.05, 0) is 38.5 Å². The number of benzene rings is 1. The lowest BCUT2D eigenvalue weighted by atomic mass is 10.1. The molecule has 0 aliphatic heterocycles. The second-order valence-corrected chi connectivity index (χ2v) is 6.64. The van der Waals surface area contributed by atoms with E-state index in [0.29, 0.717) is 13.2 Å². The molecule has 0 fully saturated rings. The lowest BCUT2D eigenvalue weighted by Crippen LogP contribution is -2.40. The monoisotopic (exact) mass is 286 g/mol. The van der Waals surface area contributed by atoms with Crippen LogP contribution < -0.4 is 10.5 Å². The van der Waals surface area contributed by atoms with E-state index in [4.69, 9.17) is 10.5 Å². The third-order valence-electron chi connectivity index (χ3n) is 2.67. The van der Waals surface area contributed by atoms with Crippen molar-refractivity contribution >= 4 is 10.0 Å². The normalized spacial score (nSPS) is 12.6. The maximum atomic E-state index is 12.1. The first-order chi connectivity index (χ1) is 8.80. The number of nitrogens with two attached hydrogens (primary N) is 1. The minimum Gasteiger partial charge on any atom is -0.375 e. The predicted molar refractivity (Wildman–Crippen MR) is 75.2 cm³/mol. The van der Waals surface area contributed by atoms with Gasteiger partial charge in [-0.2, -0.15) is 0 Å². The third kappa shape index (κ3) is 4.91. The van der Waals surface area contributed by atoms with E-state index >= 15 is 0 Å². The van der Waals surface area contributed by atoms with E-state index in [-0.39, 0.29) is 11.4 Å². The number of hydrogen-bond acceptors (Lipinski definition) is 4. The number of rotatable bonds is 7. The molecule has 0 spiro atoms. The summed E-state index contributed by atoms with van der Waals surface area (Å²) in [6.07, 6.45) is 0. The van der Waals surface area contributed by atoms with E-state index in [1.807, 2.05) is 20.8 Å². The standard InChI is InChI=1S/C13H22N2O3S/c1-4-18-13(2,3)10-15-19(16,17)12-7-5-6-11(8-12)9-14/h5-8,15H,4,9-10,14H2,1-3H3. The smallest absolute Gasteiger partial charge is 0.240 e. The second-order valence-electron chi connectivity index (χ2n) is 4.87. The summed E-state index contributed by atoms with van der Waals surface area (Å²) in [5.41, 5.74) is 5.76. The lowest BCUT2D eigenvalue weighted by Gasteiger charge is -2.24. The highest BCUT2D eigenvalue weighted by Crippen LogP contribution is 2.13. The largest absolute Gasteiger partial charge is 0.375 e. The molecule has 0 heterocycles. The van der Waals surface area contributed by atoms with Crippen molar-refractivity contribution in [2.75, 3.05) is 13.2 Å². The van der Waals surface area contributed by atoms with Gasteiger partial charge in [0.25, 0.3) is 0 Å². The van der Waals surface area contributed by atoms with Crippen LogP contribution in [0.2, 0.25) is 0 Å². The Hall–Kier alpha value is -0.950. The van der Waals surface area contributed by atoms with E-state index in [0.717, 1.165) is 5.56 Å². The molecule has 6 heteroatoms. The molecule has 0 amide bonds. The van der Waals surface area contributed by atoms with Gasteiger partial charge in [-0.25, -0.2) is 13.1 Å². The first kappa shape index (κ1) is 16.1. The first-order valence-electron chi connectivity index (χ1n) is 6.23. The van der Waals surface area contributed by atoms with E-state index in [2.05, 4.69) is 4.72 Å². The topological polar surface area (TPSA) is 81.4 Å².